The molecule has 0 spiro atoms. The van der Waals surface area contributed by atoms with Gasteiger partial charge in [0.15, 0.2) is 6.61 Å². The molecule has 1 N–H and O–H groups in total. The van der Waals surface area contributed by atoms with Crippen molar-refractivity contribution in [2.24, 2.45) is 5.92 Å². The second-order valence-electron chi connectivity index (χ2n) is 7.16. The normalized spacial score (nSPS) is 17.4. The summed E-state index contributed by atoms with van der Waals surface area (Å²) >= 11 is 0. The quantitative estimate of drug-likeness (QED) is 0.645. The summed E-state index contributed by atoms with van der Waals surface area (Å²) in [6.45, 7) is 3.04. The topological polar surface area (TPSA) is 92.8 Å². The standard InChI is InChI=1S/C19H25F3N2O5S/c1-3-13(2)23-17(25)12-29-18(26)14-8-10-24(11-9-14)30(27,28)16-7-5-4-6-15(16)19(20,21)22/h4-7,13-14H,3,8-12H2,1-2H3,(H,23,25). The molecule has 1 amide bonds. The zero-order valence-corrected chi connectivity index (χ0v) is 17.6. The number of piperidine rings is 1. The van der Waals surface area contributed by atoms with Crippen LogP contribution in [0.15, 0.2) is 29.2 Å². The fraction of sp³-hybridized carbons (Fsp3) is 0.579. The molecule has 1 heterocycles. The van der Waals surface area contributed by atoms with Crippen molar-refractivity contribution in [2.75, 3.05) is 19.7 Å². The van der Waals surface area contributed by atoms with Crippen molar-refractivity contribution in [1.82, 2.24) is 9.62 Å². The molecule has 1 atom stereocenters. The lowest BCUT2D eigenvalue weighted by Crippen LogP contribution is -2.42. The molecule has 1 aromatic carbocycles. The highest BCUT2D eigenvalue weighted by molar-refractivity contribution is 7.89. The van der Waals surface area contributed by atoms with Crippen LogP contribution in [0.4, 0.5) is 13.2 Å². The summed E-state index contributed by atoms with van der Waals surface area (Å²) in [5, 5.41) is 2.65. The number of amides is 1. The number of carbonyl (C=O) groups is 2. The number of rotatable bonds is 7. The van der Waals surface area contributed by atoms with Crippen LogP contribution >= 0.6 is 0 Å². The summed E-state index contributed by atoms with van der Waals surface area (Å²) in [6.07, 6.45) is -3.88. The van der Waals surface area contributed by atoms with Gasteiger partial charge in [-0.1, -0.05) is 19.1 Å². The Labute approximate surface area is 173 Å². The first-order valence-electron chi connectivity index (χ1n) is 9.59. The van der Waals surface area contributed by atoms with Gasteiger partial charge in [0, 0.05) is 19.1 Å². The minimum Gasteiger partial charge on any atom is -0.455 e. The van der Waals surface area contributed by atoms with Gasteiger partial charge < -0.3 is 10.1 Å². The van der Waals surface area contributed by atoms with Gasteiger partial charge in [0.25, 0.3) is 5.91 Å². The van der Waals surface area contributed by atoms with E-state index >= 15 is 0 Å². The van der Waals surface area contributed by atoms with E-state index in [1.807, 2.05) is 13.8 Å². The third kappa shape index (κ3) is 5.94. The maximum Gasteiger partial charge on any atom is 0.417 e. The Bertz CT molecular complexity index is 865. The number of nitrogens with one attached hydrogen (secondary N) is 1. The van der Waals surface area contributed by atoms with E-state index in [0.29, 0.717) is 0 Å². The second-order valence-corrected chi connectivity index (χ2v) is 9.06. The molecule has 0 aromatic heterocycles. The van der Waals surface area contributed by atoms with Crippen LogP contribution in [0, 0.1) is 5.92 Å². The van der Waals surface area contributed by atoms with Gasteiger partial charge in [0.1, 0.15) is 0 Å². The van der Waals surface area contributed by atoms with E-state index in [4.69, 9.17) is 4.74 Å². The summed E-state index contributed by atoms with van der Waals surface area (Å²) < 4.78 is 71.0. The van der Waals surface area contributed by atoms with Gasteiger partial charge in [-0.2, -0.15) is 17.5 Å². The summed E-state index contributed by atoms with van der Waals surface area (Å²) in [5.41, 5.74) is -1.22. The van der Waals surface area contributed by atoms with E-state index < -0.39 is 51.1 Å². The molecular weight excluding hydrogens is 425 g/mol. The molecule has 168 valence electrons. The summed E-state index contributed by atoms with van der Waals surface area (Å²) in [4.78, 5) is 23.0. The number of sulfonamides is 1. The van der Waals surface area contributed by atoms with Crippen LogP contribution in [0.3, 0.4) is 0 Å². The van der Waals surface area contributed by atoms with Crippen LogP contribution in [-0.4, -0.2) is 50.3 Å². The predicted octanol–water partition coefficient (Wildman–Crippen LogP) is 2.56. The van der Waals surface area contributed by atoms with Crippen molar-refractivity contribution in [3.05, 3.63) is 29.8 Å². The van der Waals surface area contributed by atoms with Crippen molar-refractivity contribution in [2.45, 2.75) is 50.2 Å². The smallest absolute Gasteiger partial charge is 0.417 e. The minimum absolute atomic E-state index is 0.0516. The molecule has 30 heavy (non-hydrogen) atoms. The summed E-state index contributed by atoms with van der Waals surface area (Å²) in [7, 11) is -4.37. The zero-order chi connectivity index (χ0) is 22.5. The van der Waals surface area contributed by atoms with Gasteiger partial charge >= 0.3 is 12.1 Å². The number of esters is 1. The van der Waals surface area contributed by atoms with E-state index in [9.17, 15) is 31.2 Å². The third-order valence-electron chi connectivity index (χ3n) is 4.96. The van der Waals surface area contributed by atoms with Gasteiger partial charge in [0.05, 0.1) is 16.4 Å². The van der Waals surface area contributed by atoms with E-state index in [1.54, 1.807) is 0 Å². The average Bonchev–Trinajstić information content (AvgIpc) is 2.71. The van der Waals surface area contributed by atoms with Crippen molar-refractivity contribution in [3.8, 4) is 0 Å². The fourth-order valence-electron chi connectivity index (χ4n) is 3.07. The van der Waals surface area contributed by atoms with Gasteiger partial charge in [-0.05, 0) is 38.3 Å². The van der Waals surface area contributed by atoms with Gasteiger partial charge in [-0.25, -0.2) is 8.42 Å². The molecule has 0 saturated carbocycles. The van der Waals surface area contributed by atoms with Gasteiger partial charge in [-0.15, -0.1) is 0 Å². The predicted molar refractivity (Wildman–Crippen MR) is 102 cm³/mol. The first-order valence-corrected chi connectivity index (χ1v) is 11.0. The molecule has 0 aliphatic carbocycles. The highest BCUT2D eigenvalue weighted by atomic mass is 32.2. The van der Waals surface area contributed by atoms with Crippen LogP contribution in [0.25, 0.3) is 0 Å². The number of benzene rings is 1. The molecule has 1 aliphatic heterocycles. The number of hydrogen-bond acceptors (Lipinski definition) is 5. The molecule has 11 heteroatoms. The van der Waals surface area contributed by atoms with Gasteiger partial charge in [0.2, 0.25) is 10.0 Å². The SMILES string of the molecule is CCC(C)NC(=O)COC(=O)C1CCN(S(=O)(=O)c2ccccc2C(F)(F)F)CC1. The largest absolute Gasteiger partial charge is 0.455 e. The van der Waals surface area contributed by atoms with Crippen molar-refractivity contribution < 1.29 is 35.9 Å². The molecule has 1 aromatic rings. The number of alkyl halides is 3. The Morgan fingerprint density at radius 2 is 1.83 bits per heavy atom. The molecular formula is C19H25F3N2O5S. The number of ether oxygens (including phenoxy) is 1. The zero-order valence-electron chi connectivity index (χ0n) is 16.7. The van der Waals surface area contributed by atoms with Crippen LogP contribution < -0.4 is 5.32 Å². The minimum atomic E-state index is -4.80. The Hall–Kier alpha value is -2.14. The molecule has 7 nitrogen and oxygen atoms in total. The second kappa shape index (κ2) is 9.78. The van der Waals surface area contributed by atoms with Crippen molar-refractivity contribution in [3.63, 3.8) is 0 Å². The molecule has 1 fully saturated rings. The Morgan fingerprint density at radius 3 is 2.40 bits per heavy atom. The fourth-order valence-corrected chi connectivity index (χ4v) is 4.75. The lowest BCUT2D eigenvalue weighted by molar-refractivity contribution is -0.153. The van der Waals surface area contributed by atoms with Gasteiger partial charge in [-0.3, -0.25) is 9.59 Å². The average molecular weight is 450 g/mol. The lowest BCUT2D eigenvalue weighted by atomic mass is 9.98. The molecule has 0 radical (unpaired) electrons. The summed E-state index contributed by atoms with van der Waals surface area (Å²) in [6, 6.07) is 3.96. The van der Waals surface area contributed by atoms with Crippen molar-refractivity contribution >= 4 is 21.9 Å². The van der Waals surface area contributed by atoms with Crippen LogP contribution in [0.2, 0.25) is 0 Å². The highest BCUT2D eigenvalue weighted by Crippen LogP contribution is 2.36. The monoisotopic (exact) mass is 450 g/mol. The van der Waals surface area contributed by atoms with E-state index in [-0.39, 0.29) is 32.0 Å². The first-order chi connectivity index (χ1) is 14.0. The Morgan fingerprint density at radius 1 is 1.23 bits per heavy atom. The van der Waals surface area contributed by atoms with Crippen LogP contribution in [-0.2, 0) is 30.5 Å². The highest BCUT2D eigenvalue weighted by Gasteiger charge is 2.40. The van der Waals surface area contributed by atoms with Crippen molar-refractivity contribution in [1.29, 1.82) is 0 Å². The molecule has 0 bridgehead atoms. The van der Waals surface area contributed by atoms with Crippen LogP contribution in [0.1, 0.15) is 38.7 Å². The van der Waals surface area contributed by atoms with Crippen LogP contribution in [0.5, 0.6) is 0 Å². The number of carbonyl (C=O) groups excluding carboxylic acids is 2. The number of halogens is 3. The molecule has 2 rings (SSSR count). The number of nitrogens with zero attached hydrogens (tertiary/aromatic N) is 1. The Kier molecular flexibility index (Phi) is 7.87. The maximum atomic E-state index is 13.2. The molecule has 1 saturated heterocycles. The number of hydrogen-bond donors (Lipinski definition) is 1. The maximum absolute atomic E-state index is 13.2. The first kappa shape index (κ1) is 24.1. The third-order valence-corrected chi connectivity index (χ3v) is 6.92. The Balaban J connectivity index is 1.97. The lowest BCUT2D eigenvalue weighted by Gasteiger charge is -2.30. The summed E-state index contributed by atoms with van der Waals surface area (Å²) in [5.74, 6) is -1.67. The van der Waals surface area contributed by atoms with E-state index in [1.165, 1.54) is 6.07 Å². The molecule has 1 unspecified atom stereocenters. The molecule has 1 aliphatic rings. The van der Waals surface area contributed by atoms with E-state index in [2.05, 4.69) is 5.32 Å². The van der Waals surface area contributed by atoms with E-state index in [0.717, 1.165) is 28.9 Å².